The summed E-state index contributed by atoms with van der Waals surface area (Å²) in [6.45, 7) is 9.56. The first kappa shape index (κ1) is 25.7. The number of nitrogens with zero attached hydrogens (tertiary/aromatic N) is 5. The van der Waals surface area contributed by atoms with Crippen molar-refractivity contribution in [3.63, 3.8) is 0 Å². The van der Waals surface area contributed by atoms with Crippen LogP contribution in [0, 0.1) is 6.92 Å². The van der Waals surface area contributed by atoms with Crippen LogP contribution < -0.4 is 4.74 Å². The van der Waals surface area contributed by atoms with Crippen LogP contribution >= 0.6 is 0 Å². The van der Waals surface area contributed by atoms with Crippen LogP contribution in [0.25, 0.3) is 0 Å². The molecule has 1 fully saturated rings. The van der Waals surface area contributed by atoms with Crippen LogP contribution in [0.15, 0.2) is 30.5 Å². The lowest BCUT2D eigenvalue weighted by Crippen LogP contribution is -2.40. The molecule has 1 aliphatic heterocycles. The van der Waals surface area contributed by atoms with Crippen molar-refractivity contribution in [2.24, 2.45) is 7.05 Å². The van der Waals surface area contributed by atoms with Crippen LogP contribution in [0.2, 0.25) is 0 Å². The summed E-state index contributed by atoms with van der Waals surface area (Å²) in [6, 6.07) is 7.72. The largest absolute Gasteiger partial charge is 0.497 e. The van der Waals surface area contributed by atoms with Gasteiger partial charge < -0.3 is 19.3 Å². The lowest BCUT2D eigenvalue weighted by Gasteiger charge is -2.26. The number of aryl methyl sites for hydroxylation is 2. The molecule has 34 heavy (non-hydrogen) atoms. The summed E-state index contributed by atoms with van der Waals surface area (Å²) in [7, 11) is 3.53. The molecule has 0 aliphatic carbocycles. The van der Waals surface area contributed by atoms with Crippen molar-refractivity contribution >= 4 is 11.8 Å². The molecular weight excluding hydrogens is 434 g/mol. The third-order valence-electron chi connectivity index (χ3n) is 6.20. The fraction of sp³-hybridized carbons (Fsp3) is 0.560. The Kier molecular flexibility index (Phi) is 9.06. The Bertz CT molecular complexity index is 955. The van der Waals surface area contributed by atoms with Gasteiger partial charge in [0, 0.05) is 58.1 Å². The monoisotopic (exact) mass is 471 g/mol. The lowest BCUT2D eigenvalue weighted by atomic mass is 10.2. The fourth-order valence-corrected chi connectivity index (χ4v) is 4.28. The number of aromatic nitrogens is 2. The number of methoxy groups -OCH3 is 1. The van der Waals surface area contributed by atoms with Crippen molar-refractivity contribution in [2.75, 3.05) is 46.4 Å². The third kappa shape index (κ3) is 6.80. The second-order valence-electron chi connectivity index (χ2n) is 8.70. The molecule has 9 nitrogen and oxygen atoms in total. The predicted molar refractivity (Wildman–Crippen MR) is 129 cm³/mol. The van der Waals surface area contributed by atoms with E-state index in [0.29, 0.717) is 39.3 Å². The first-order chi connectivity index (χ1) is 16.3. The average molecular weight is 472 g/mol. The van der Waals surface area contributed by atoms with Gasteiger partial charge in [0.15, 0.2) is 0 Å². The van der Waals surface area contributed by atoms with Crippen LogP contribution in [-0.2, 0) is 34.5 Å². The molecule has 0 radical (unpaired) electrons. The van der Waals surface area contributed by atoms with E-state index >= 15 is 0 Å². The molecule has 1 saturated heterocycles. The number of hydrogen-bond acceptors (Lipinski definition) is 6. The summed E-state index contributed by atoms with van der Waals surface area (Å²) in [4.78, 5) is 31.4. The van der Waals surface area contributed by atoms with Gasteiger partial charge in [0.05, 0.1) is 25.5 Å². The van der Waals surface area contributed by atoms with E-state index in [9.17, 15) is 9.59 Å². The van der Waals surface area contributed by atoms with E-state index in [1.54, 1.807) is 16.7 Å². The van der Waals surface area contributed by atoms with Crippen LogP contribution in [0.4, 0.5) is 0 Å². The standard InChI is InChI=1S/C25H37N5O4/c1-6-29(7-2)25(32)18-34-23-15-28(14-21-13-27(4)26-19(21)3)17-24(31)30(16-23)12-20-8-10-22(33-5)11-9-20/h8-11,13,23H,6-7,12,14-18H2,1-5H3. The molecule has 1 aliphatic rings. The number of ether oxygens (including phenoxy) is 2. The number of hydrogen-bond donors (Lipinski definition) is 0. The van der Waals surface area contributed by atoms with Gasteiger partial charge in [0.2, 0.25) is 11.8 Å². The second-order valence-corrected chi connectivity index (χ2v) is 8.70. The van der Waals surface area contributed by atoms with Crippen molar-refractivity contribution in [3.05, 3.63) is 47.3 Å². The molecule has 0 saturated carbocycles. The fourth-order valence-electron chi connectivity index (χ4n) is 4.28. The topological polar surface area (TPSA) is 80.1 Å². The first-order valence-corrected chi connectivity index (χ1v) is 11.8. The van der Waals surface area contributed by atoms with Crippen LogP contribution in [0.3, 0.4) is 0 Å². The van der Waals surface area contributed by atoms with E-state index in [1.165, 1.54) is 0 Å². The molecule has 9 heteroatoms. The maximum atomic E-state index is 13.2. The van der Waals surface area contributed by atoms with E-state index < -0.39 is 0 Å². The zero-order valence-electron chi connectivity index (χ0n) is 21.0. The minimum atomic E-state index is -0.277. The smallest absolute Gasteiger partial charge is 0.248 e. The molecule has 0 spiro atoms. The Labute approximate surface area is 202 Å². The summed E-state index contributed by atoms with van der Waals surface area (Å²) < 4.78 is 13.1. The highest BCUT2D eigenvalue weighted by atomic mass is 16.5. The minimum absolute atomic E-state index is 0.0106. The van der Waals surface area contributed by atoms with Crippen molar-refractivity contribution in [1.82, 2.24) is 24.5 Å². The average Bonchev–Trinajstić information content (AvgIpc) is 3.05. The quantitative estimate of drug-likeness (QED) is 0.526. The summed E-state index contributed by atoms with van der Waals surface area (Å²) in [5, 5.41) is 4.42. The van der Waals surface area contributed by atoms with E-state index in [2.05, 4.69) is 10.00 Å². The summed E-state index contributed by atoms with van der Waals surface area (Å²) in [5.74, 6) is 0.788. The van der Waals surface area contributed by atoms with Gasteiger partial charge in [-0.3, -0.25) is 19.2 Å². The summed E-state index contributed by atoms with van der Waals surface area (Å²) >= 11 is 0. The zero-order valence-corrected chi connectivity index (χ0v) is 21.0. The van der Waals surface area contributed by atoms with Gasteiger partial charge >= 0.3 is 0 Å². The van der Waals surface area contributed by atoms with Gasteiger partial charge in [-0.05, 0) is 38.5 Å². The lowest BCUT2D eigenvalue weighted by molar-refractivity contribution is -0.138. The van der Waals surface area contributed by atoms with E-state index in [1.807, 2.05) is 63.2 Å². The van der Waals surface area contributed by atoms with Gasteiger partial charge in [0.1, 0.15) is 12.4 Å². The number of benzene rings is 1. The molecule has 2 aromatic rings. The van der Waals surface area contributed by atoms with Gasteiger partial charge in [-0.15, -0.1) is 0 Å². The molecule has 1 unspecified atom stereocenters. The van der Waals surface area contributed by atoms with E-state index in [4.69, 9.17) is 9.47 Å². The molecule has 0 bridgehead atoms. The zero-order chi connectivity index (χ0) is 24.7. The molecule has 1 atom stereocenters. The van der Waals surface area contributed by atoms with Crippen LogP contribution in [0.1, 0.15) is 30.7 Å². The molecule has 2 heterocycles. The van der Waals surface area contributed by atoms with Crippen LogP contribution in [0.5, 0.6) is 5.75 Å². The van der Waals surface area contributed by atoms with Gasteiger partial charge in [-0.2, -0.15) is 5.10 Å². The first-order valence-electron chi connectivity index (χ1n) is 11.8. The third-order valence-corrected chi connectivity index (χ3v) is 6.20. The van der Waals surface area contributed by atoms with Crippen LogP contribution in [-0.4, -0.2) is 88.8 Å². The summed E-state index contributed by atoms with van der Waals surface area (Å²) in [5.41, 5.74) is 3.05. The van der Waals surface area contributed by atoms with Crippen molar-refractivity contribution < 1.29 is 19.1 Å². The number of rotatable bonds is 10. The number of likely N-dealkylation sites (N-methyl/N-ethyl adjacent to an activating group) is 1. The SMILES string of the molecule is CCN(CC)C(=O)COC1CN(Cc2cn(C)nc2C)CC(=O)N(Cc2ccc(OC)cc2)C1. The Morgan fingerprint density at radius 3 is 2.44 bits per heavy atom. The number of amides is 2. The molecule has 3 rings (SSSR count). The van der Waals surface area contributed by atoms with Gasteiger partial charge in [-0.1, -0.05) is 12.1 Å². The predicted octanol–water partition coefficient (Wildman–Crippen LogP) is 1.84. The van der Waals surface area contributed by atoms with E-state index in [-0.39, 0.29) is 31.1 Å². The summed E-state index contributed by atoms with van der Waals surface area (Å²) in [6.07, 6.45) is 1.71. The van der Waals surface area contributed by atoms with Crippen molar-refractivity contribution in [3.8, 4) is 5.75 Å². The second kappa shape index (κ2) is 12.0. The molecule has 186 valence electrons. The van der Waals surface area contributed by atoms with E-state index in [0.717, 1.165) is 22.6 Å². The maximum absolute atomic E-state index is 13.2. The van der Waals surface area contributed by atoms with Gasteiger partial charge in [0.25, 0.3) is 0 Å². The molecular formula is C25H37N5O4. The normalized spacial score (nSPS) is 17.0. The molecule has 1 aromatic heterocycles. The number of carbonyl (C=O) groups is 2. The number of carbonyl (C=O) groups excluding carboxylic acids is 2. The molecule has 1 aromatic carbocycles. The van der Waals surface area contributed by atoms with Crippen molar-refractivity contribution in [2.45, 2.75) is 40.0 Å². The Balaban J connectivity index is 1.74. The minimum Gasteiger partial charge on any atom is -0.497 e. The Hall–Kier alpha value is -2.91. The van der Waals surface area contributed by atoms with Gasteiger partial charge in [-0.25, -0.2) is 0 Å². The highest BCUT2D eigenvalue weighted by Gasteiger charge is 2.29. The molecule has 2 amide bonds. The Morgan fingerprint density at radius 1 is 1.15 bits per heavy atom. The highest BCUT2D eigenvalue weighted by molar-refractivity contribution is 5.79. The maximum Gasteiger partial charge on any atom is 0.248 e. The highest BCUT2D eigenvalue weighted by Crippen LogP contribution is 2.18. The van der Waals surface area contributed by atoms with Crippen molar-refractivity contribution in [1.29, 1.82) is 0 Å². The Morgan fingerprint density at radius 2 is 1.85 bits per heavy atom. The molecule has 0 N–H and O–H groups in total.